The van der Waals surface area contributed by atoms with Gasteiger partial charge in [0.1, 0.15) is 0 Å². The van der Waals surface area contributed by atoms with Gasteiger partial charge < -0.3 is 9.47 Å². The normalized spacial score (nSPS) is 9.94. The maximum absolute atomic E-state index is 13.3. The summed E-state index contributed by atoms with van der Waals surface area (Å²) in [5, 5.41) is 10.3. The van der Waals surface area contributed by atoms with Crippen LogP contribution in [0.15, 0.2) is 12.1 Å². The first-order valence-corrected chi connectivity index (χ1v) is 4.78. The van der Waals surface area contributed by atoms with Crippen molar-refractivity contribution < 1.29 is 28.0 Å². The van der Waals surface area contributed by atoms with E-state index in [2.05, 4.69) is 4.74 Å². The molecular weight excluding hydrogens is 252 g/mol. The van der Waals surface area contributed by atoms with Crippen LogP contribution >= 0.6 is 0 Å². The van der Waals surface area contributed by atoms with E-state index in [0.29, 0.717) is 12.1 Å². The third-order valence-corrected chi connectivity index (χ3v) is 1.99. The van der Waals surface area contributed by atoms with Crippen molar-refractivity contribution in [1.82, 2.24) is 0 Å². The van der Waals surface area contributed by atoms with Crippen molar-refractivity contribution in [3.8, 4) is 5.75 Å². The fourth-order valence-electron chi connectivity index (χ4n) is 1.11. The minimum Gasteiger partial charge on any atom is -0.490 e. The number of esters is 1. The standard InChI is InChI=1S/C10H9F2NO5/c1-17-10(14)2-3-18-9-5-6(11)8(13(15)16)4-7(9)12/h4-5H,2-3H2,1H3. The van der Waals surface area contributed by atoms with Crippen LogP contribution in [0.5, 0.6) is 5.75 Å². The minimum atomic E-state index is -1.21. The quantitative estimate of drug-likeness (QED) is 0.459. The summed E-state index contributed by atoms with van der Waals surface area (Å²) >= 11 is 0. The largest absolute Gasteiger partial charge is 0.490 e. The topological polar surface area (TPSA) is 78.7 Å². The van der Waals surface area contributed by atoms with E-state index in [0.717, 1.165) is 0 Å². The molecule has 0 heterocycles. The van der Waals surface area contributed by atoms with Crippen LogP contribution in [0.3, 0.4) is 0 Å². The molecule has 0 amide bonds. The molecule has 18 heavy (non-hydrogen) atoms. The van der Waals surface area contributed by atoms with Crippen molar-refractivity contribution in [3.05, 3.63) is 33.9 Å². The molecule has 0 aliphatic heterocycles. The highest BCUT2D eigenvalue weighted by molar-refractivity contribution is 5.69. The van der Waals surface area contributed by atoms with Gasteiger partial charge in [0, 0.05) is 6.07 Å². The van der Waals surface area contributed by atoms with Crippen molar-refractivity contribution in [3.63, 3.8) is 0 Å². The van der Waals surface area contributed by atoms with Crippen molar-refractivity contribution in [2.75, 3.05) is 13.7 Å². The number of hydrogen-bond acceptors (Lipinski definition) is 5. The second-order valence-electron chi connectivity index (χ2n) is 3.17. The van der Waals surface area contributed by atoms with Gasteiger partial charge >= 0.3 is 11.7 Å². The number of ether oxygens (including phenoxy) is 2. The van der Waals surface area contributed by atoms with Gasteiger partial charge in [0.25, 0.3) is 0 Å². The van der Waals surface area contributed by atoms with Crippen molar-refractivity contribution in [2.24, 2.45) is 0 Å². The first-order valence-electron chi connectivity index (χ1n) is 4.78. The summed E-state index contributed by atoms with van der Waals surface area (Å²) in [4.78, 5) is 20.0. The van der Waals surface area contributed by atoms with Crippen LogP contribution in [-0.2, 0) is 9.53 Å². The lowest BCUT2D eigenvalue weighted by Crippen LogP contribution is -2.08. The van der Waals surface area contributed by atoms with Crippen molar-refractivity contribution in [1.29, 1.82) is 0 Å². The molecule has 0 bridgehead atoms. The van der Waals surface area contributed by atoms with E-state index in [-0.39, 0.29) is 13.0 Å². The number of nitrogens with zero attached hydrogens (tertiary/aromatic N) is 1. The number of benzene rings is 1. The summed E-state index contributed by atoms with van der Waals surface area (Å²) in [6, 6.07) is 0.980. The van der Waals surface area contributed by atoms with Crippen LogP contribution in [0.2, 0.25) is 0 Å². The molecule has 0 aromatic heterocycles. The summed E-state index contributed by atoms with van der Waals surface area (Å²) in [5.74, 6) is -3.36. The summed E-state index contributed by atoms with van der Waals surface area (Å²) in [6.07, 6.45) is -0.144. The molecule has 98 valence electrons. The number of nitro groups is 1. The Balaban J connectivity index is 2.76. The van der Waals surface area contributed by atoms with E-state index in [1.54, 1.807) is 0 Å². The van der Waals surface area contributed by atoms with Crippen LogP contribution in [0.4, 0.5) is 14.5 Å². The monoisotopic (exact) mass is 261 g/mol. The molecular formula is C10H9F2NO5. The van der Waals surface area contributed by atoms with Gasteiger partial charge in [-0.3, -0.25) is 14.9 Å². The summed E-state index contributed by atoms with van der Waals surface area (Å²) in [5.41, 5.74) is -0.979. The number of carbonyl (C=O) groups is 1. The lowest BCUT2D eigenvalue weighted by atomic mass is 10.3. The molecule has 8 heteroatoms. The Kier molecular flexibility index (Phi) is 4.52. The third-order valence-electron chi connectivity index (χ3n) is 1.99. The van der Waals surface area contributed by atoms with Gasteiger partial charge in [-0.05, 0) is 0 Å². The predicted molar refractivity (Wildman–Crippen MR) is 55.1 cm³/mol. The Morgan fingerprint density at radius 3 is 2.61 bits per heavy atom. The molecule has 0 aliphatic carbocycles. The first-order chi connectivity index (χ1) is 8.45. The third kappa shape index (κ3) is 3.37. The number of methoxy groups -OCH3 is 1. The van der Waals surface area contributed by atoms with E-state index in [1.165, 1.54) is 7.11 Å². The number of carbonyl (C=O) groups excluding carboxylic acids is 1. The first kappa shape index (κ1) is 13.8. The van der Waals surface area contributed by atoms with Crippen molar-refractivity contribution >= 4 is 11.7 Å². The summed E-state index contributed by atoms with van der Waals surface area (Å²) in [7, 11) is 1.18. The van der Waals surface area contributed by atoms with E-state index in [9.17, 15) is 23.7 Å². The van der Waals surface area contributed by atoms with E-state index in [1.807, 2.05) is 0 Å². The van der Waals surface area contributed by atoms with E-state index in [4.69, 9.17) is 4.74 Å². The maximum Gasteiger partial charge on any atom is 0.308 e. The maximum atomic E-state index is 13.3. The van der Waals surface area contributed by atoms with Crippen LogP contribution in [0, 0.1) is 21.7 Å². The molecule has 0 N–H and O–H groups in total. The molecule has 6 nitrogen and oxygen atoms in total. The highest BCUT2D eigenvalue weighted by atomic mass is 19.1. The minimum absolute atomic E-state index is 0.144. The Morgan fingerprint density at radius 1 is 1.39 bits per heavy atom. The lowest BCUT2D eigenvalue weighted by Gasteiger charge is -2.06. The fourth-order valence-corrected chi connectivity index (χ4v) is 1.11. The van der Waals surface area contributed by atoms with Gasteiger partial charge in [-0.25, -0.2) is 4.39 Å². The molecule has 0 aliphatic rings. The second kappa shape index (κ2) is 5.89. The van der Waals surface area contributed by atoms with Gasteiger partial charge in [-0.1, -0.05) is 0 Å². The number of rotatable bonds is 5. The molecule has 0 unspecified atom stereocenters. The zero-order valence-corrected chi connectivity index (χ0v) is 9.31. The number of nitro benzene ring substituents is 1. The van der Waals surface area contributed by atoms with Gasteiger partial charge in [0.2, 0.25) is 5.82 Å². The molecule has 0 fully saturated rings. The van der Waals surface area contributed by atoms with Crippen LogP contribution in [-0.4, -0.2) is 24.6 Å². The number of halogens is 2. The molecule has 0 atom stereocenters. The molecule has 0 saturated carbocycles. The van der Waals surface area contributed by atoms with Gasteiger partial charge in [0.15, 0.2) is 11.6 Å². The van der Waals surface area contributed by atoms with E-state index >= 15 is 0 Å². The van der Waals surface area contributed by atoms with Gasteiger partial charge in [0.05, 0.1) is 31.1 Å². The summed E-state index contributed by atoms with van der Waals surface area (Å²) < 4.78 is 35.5. The lowest BCUT2D eigenvalue weighted by molar-refractivity contribution is -0.387. The zero-order valence-electron chi connectivity index (χ0n) is 9.31. The molecule has 1 aromatic carbocycles. The summed E-state index contributed by atoms with van der Waals surface area (Å²) in [6.45, 7) is -0.221. The van der Waals surface area contributed by atoms with Crippen molar-refractivity contribution in [2.45, 2.75) is 6.42 Å². The van der Waals surface area contributed by atoms with Crippen LogP contribution in [0.25, 0.3) is 0 Å². The molecule has 0 saturated heterocycles. The molecule has 0 radical (unpaired) electrons. The van der Waals surface area contributed by atoms with Gasteiger partial charge in [-0.15, -0.1) is 0 Å². The Bertz CT molecular complexity index is 478. The predicted octanol–water partition coefficient (Wildman–Crippen LogP) is 1.81. The fraction of sp³-hybridized carbons (Fsp3) is 0.300. The Hall–Kier alpha value is -2.25. The van der Waals surface area contributed by atoms with Crippen LogP contribution in [0.1, 0.15) is 6.42 Å². The Morgan fingerprint density at radius 2 is 2.06 bits per heavy atom. The molecule has 1 aromatic rings. The zero-order chi connectivity index (χ0) is 13.7. The number of hydrogen-bond donors (Lipinski definition) is 0. The van der Waals surface area contributed by atoms with Crippen LogP contribution < -0.4 is 4.74 Å². The van der Waals surface area contributed by atoms with Gasteiger partial charge in [-0.2, -0.15) is 4.39 Å². The Labute approximate surface area is 100 Å². The second-order valence-corrected chi connectivity index (χ2v) is 3.17. The molecule has 0 spiro atoms. The highest BCUT2D eigenvalue weighted by Crippen LogP contribution is 2.26. The highest BCUT2D eigenvalue weighted by Gasteiger charge is 2.19. The smallest absolute Gasteiger partial charge is 0.308 e. The molecule has 1 rings (SSSR count). The average molecular weight is 261 g/mol. The SMILES string of the molecule is COC(=O)CCOc1cc(F)c([N+](=O)[O-])cc1F. The average Bonchev–Trinajstić information content (AvgIpc) is 2.32. The van der Waals surface area contributed by atoms with E-state index < -0.39 is 34.0 Å².